The Morgan fingerprint density at radius 2 is 2.06 bits per heavy atom. The maximum absolute atomic E-state index is 11.9. The van der Waals surface area contributed by atoms with Gasteiger partial charge in [-0.1, -0.05) is 18.2 Å². The molecule has 0 saturated heterocycles. The summed E-state index contributed by atoms with van der Waals surface area (Å²) in [5.41, 5.74) is 0.868. The van der Waals surface area contributed by atoms with Crippen molar-refractivity contribution in [3.05, 3.63) is 30.3 Å². The van der Waals surface area contributed by atoms with Crippen molar-refractivity contribution in [2.75, 3.05) is 6.54 Å². The first-order valence-electron chi connectivity index (χ1n) is 6.16. The van der Waals surface area contributed by atoms with Crippen LogP contribution in [0.25, 0.3) is 0 Å². The average Bonchev–Trinajstić information content (AvgIpc) is 2.58. The zero-order chi connectivity index (χ0) is 13.1. The minimum atomic E-state index is -0.103. The summed E-state index contributed by atoms with van der Waals surface area (Å²) in [6.07, 6.45) is -0.0850. The normalized spacial score (nSPS) is 20.8. The van der Waals surface area contributed by atoms with Gasteiger partial charge in [-0.2, -0.15) is 5.10 Å². The van der Waals surface area contributed by atoms with Gasteiger partial charge in [-0.15, -0.1) is 0 Å². The van der Waals surface area contributed by atoms with Crippen LogP contribution in [0.4, 0.5) is 0 Å². The van der Waals surface area contributed by atoms with Crippen LogP contribution in [0.5, 0.6) is 5.75 Å². The van der Waals surface area contributed by atoms with Gasteiger partial charge in [0.1, 0.15) is 11.9 Å². The minimum absolute atomic E-state index is 0.0519. The largest absolute Gasteiger partial charge is 0.489 e. The van der Waals surface area contributed by atoms with Crippen molar-refractivity contribution in [3.8, 4) is 5.75 Å². The molecule has 0 fully saturated rings. The number of benzene rings is 1. The molecule has 1 amide bonds. The third kappa shape index (κ3) is 2.70. The summed E-state index contributed by atoms with van der Waals surface area (Å²) in [6.45, 7) is 6.18. The molecule has 0 spiro atoms. The number of nitrogens with zero attached hydrogens (tertiary/aromatic N) is 2. The number of para-hydroxylation sites is 1. The van der Waals surface area contributed by atoms with Gasteiger partial charge in [0.15, 0.2) is 0 Å². The first kappa shape index (κ1) is 12.6. The van der Waals surface area contributed by atoms with Gasteiger partial charge in [0.25, 0.3) is 5.91 Å². The zero-order valence-electron chi connectivity index (χ0n) is 11.0. The highest BCUT2D eigenvalue weighted by Crippen LogP contribution is 2.17. The molecule has 1 aliphatic heterocycles. The van der Waals surface area contributed by atoms with Crippen LogP contribution in [0.15, 0.2) is 35.4 Å². The Hall–Kier alpha value is -1.84. The van der Waals surface area contributed by atoms with E-state index < -0.39 is 0 Å². The van der Waals surface area contributed by atoms with Crippen LogP contribution in [0.2, 0.25) is 0 Å². The molecule has 4 heteroatoms. The fourth-order valence-electron chi connectivity index (χ4n) is 1.87. The molecule has 2 atom stereocenters. The van der Waals surface area contributed by atoms with Gasteiger partial charge in [-0.05, 0) is 32.9 Å². The maximum atomic E-state index is 11.9. The second-order valence-corrected chi connectivity index (χ2v) is 4.62. The Bertz CT molecular complexity index is 456. The number of rotatable bonds is 4. The molecule has 0 aromatic heterocycles. The zero-order valence-corrected chi connectivity index (χ0v) is 11.0. The average molecular weight is 246 g/mol. The third-order valence-electron chi connectivity index (χ3n) is 3.04. The van der Waals surface area contributed by atoms with Gasteiger partial charge >= 0.3 is 0 Å². The van der Waals surface area contributed by atoms with Crippen molar-refractivity contribution in [2.45, 2.75) is 26.9 Å². The van der Waals surface area contributed by atoms with Crippen LogP contribution in [-0.2, 0) is 4.79 Å². The van der Waals surface area contributed by atoms with E-state index in [0.29, 0.717) is 6.54 Å². The standard InChI is InChI=1S/C14H18N2O2/c1-10(18-13-7-5-4-6-8-13)9-16-14(17)11(2)12(3)15-16/h4-8,10-11H,9H2,1-3H3. The summed E-state index contributed by atoms with van der Waals surface area (Å²) in [4.78, 5) is 11.9. The summed E-state index contributed by atoms with van der Waals surface area (Å²) >= 11 is 0. The molecule has 0 aliphatic carbocycles. The van der Waals surface area contributed by atoms with Crippen LogP contribution >= 0.6 is 0 Å². The number of hydrazone groups is 1. The van der Waals surface area contributed by atoms with Crippen LogP contribution in [0.3, 0.4) is 0 Å². The van der Waals surface area contributed by atoms with E-state index in [-0.39, 0.29) is 17.9 Å². The van der Waals surface area contributed by atoms with E-state index in [1.54, 1.807) is 0 Å². The quantitative estimate of drug-likeness (QED) is 0.818. The lowest BCUT2D eigenvalue weighted by molar-refractivity contribution is -0.132. The topological polar surface area (TPSA) is 41.9 Å². The molecule has 1 heterocycles. The fraction of sp³-hybridized carbons (Fsp3) is 0.429. The van der Waals surface area contributed by atoms with Gasteiger partial charge in [-0.25, -0.2) is 5.01 Å². The molecule has 0 N–H and O–H groups in total. The first-order chi connectivity index (χ1) is 8.58. The molecular formula is C14H18N2O2. The van der Waals surface area contributed by atoms with E-state index in [1.165, 1.54) is 5.01 Å². The lowest BCUT2D eigenvalue weighted by Gasteiger charge is -2.19. The number of amides is 1. The van der Waals surface area contributed by atoms with Crippen molar-refractivity contribution >= 4 is 11.6 Å². The fourth-order valence-corrected chi connectivity index (χ4v) is 1.87. The van der Waals surface area contributed by atoms with E-state index in [4.69, 9.17) is 4.74 Å². The lowest BCUT2D eigenvalue weighted by atomic mass is 10.1. The maximum Gasteiger partial charge on any atom is 0.251 e. The molecule has 96 valence electrons. The van der Waals surface area contributed by atoms with E-state index in [2.05, 4.69) is 5.10 Å². The molecule has 1 aromatic rings. The van der Waals surface area contributed by atoms with Crippen LogP contribution in [0.1, 0.15) is 20.8 Å². The number of hydrogen-bond donors (Lipinski definition) is 0. The van der Waals surface area contributed by atoms with Crippen molar-refractivity contribution in [1.29, 1.82) is 0 Å². The smallest absolute Gasteiger partial charge is 0.251 e. The molecule has 1 aliphatic rings. The molecule has 0 saturated carbocycles. The van der Waals surface area contributed by atoms with Gasteiger partial charge in [0, 0.05) is 5.71 Å². The van der Waals surface area contributed by atoms with E-state index in [0.717, 1.165) is 11.5 Å². The van der Waals surface area contributed by atoms with Gasteiger partial charge < -0.3 is 4.74 Å². The number of ether oxygens (including phenoxy) is 1. The SMILES string of the molecule is CC1=NN(CC(C)Oc2ccccc2)C(=O)C1C. The van der Waals surface area contributed by atoms with Crippen molar-refractivity contribution in [3.63, 3.8) is 0 Å². The van der Waals surface area contributed by atoms with Crippen molar-refractivity contribution in [1.82, 2.24) is 5.01 Å². The Balaban J connectivity index is 1.93. The Kier molecular flexibility index (Phi) is 3.65. The van der Waals surface area contributed by atoms with Gasteiger partial charge in [0.2, 0.25) is 0 Å². The van der Waals surface area contributed by atoms with Crippen LogP contribution in [0, 0.1) is 5.92 Å². The van der Waals surface area contributed by atoms with Gasteiger partial charge in [0.05, 0.1) is 12.5 Å². The van der Waals surface area contributed by atoms with E-state index >= 15 is 0 Å². The highest BCUT2D eigenvalue weighted by molar-refractivity contribution is 6.06. The molecule has 2 unspecified atom stereocenters. The van der Waals surface area contributed by atoms with Crippen molar-refractivity contribution in [2.24, 2.45) is 11.0 Å². The summed E-state index contributed by atoms with van der Waals surface area (Å²) in [5, 5.41) is 5.76. The highest BCUT2D eigenvalue weighted by atomic mass is 16.5. The number of hydrogen-bond acceptors (Lipinski definition) is 3. The highest BCUT2D eigenvalue weighted by Gasteiger charge is 2.30. The Morgan fingerprint density at radius 3 is 2.61 bits per heavy atom. The molecule has 2 rings (SSSR count). The molecular weight excluding hydrogens is 228 g/mol. The molecule has 0 radical (unpaired) electrons. The predicted molar refractivity (Wildman–Crippen MR) is 70.5 cm³/mol. The lowest BCUT2D eigenvalue weighted by Crippen LogP contribution is -2.34. The Morgan fingerprint density at radius 1 is 1.39 bits per heavy atom. The molecule has 0 bridgehead atoms. The van der Waals surface area contributed by atoms with E-state index in [1.807, 2.05) is 51.1 Å². The summed E-state index contributed by atoms with van der Waals surface area (Å²) in [5.74, 6) is 0.760. The summed E-state index contributed by atoms with van der Waals surface area (Å²) in [6, 6.07) is 9.59. The summed E-state index contributed by atoms with van der Waals surface area (Å²) < 4.78 is 5.73. The Labute approximate surface area is 107 Å². The van der Waals surface area contributed by atoms with Crippen molar-refractivity contribution < 1.29 is 9.53 Å². The first-order valence-corrected chi connectivity index (χ1v) is 6.16. The minimum Gasteiger partial charge on any atom is -0.489 e. The van der Waals surface area contributed by atoms with Gasteiger partial charge in [-0.3, -0.25) is 4.79 Å². The molecule has 4 nitrogen and oxygen atoms in total. The number of carbonyl (C=O) groups is 1. The number of carbonyl (C=O) groups excluding carboxylic acids is 1. The second-order valence-electron chi connectivity index (χ2n) is 4.62. The molecule has 18 heavy (non-hydrogen) atoms. The second kappa shape index (κ2) is 5.21. The van der Waals surface area contributed by atoms with Crippen LogP contribution < -0.4 is 4.74 Å². The molecule has 1 aromatic carbocycles. The van der Waals surface area contributed by atoms with Crippen LogP contribution in [-0.4, -0.2) is 29.3 Å². The van der Waals surface area contributed by atoms with E-state index in [9.17, 15) is 4.79 Å². The predicted octanol–water partition coefficient (Wildman–Crippen LogP) is 2.31. The summed E-state index contributed by atoms with van der Waals surface area (Å²) in [7, 11) is 0. The monoisotopic (exact) mass is 246 g/mol. The third-order valence-corrected chi connectivity index (χ3v) is 3.04.